The second-order valence-corrected chi connectivity index (χ2v) is 6.28. The van der Waals surface area contributed by atoms with Crippen molar-refractivity contribution in [1.29, 1.82) is 0 Å². The van der Waals surface area contributed by atoms with E-state index in [1.165, 1.54) is 0 Å². The van der Waals surface area contributed by atoms with Crippen LogP contribution >= 0.6 is 0 Å². The van der Waals surface area contributed by atoms with Crippen LogP contribution in [0.25, 0.3) is 0 Å². The molecule has 3 rings (SSSR count). The van der Waals surface area contributed by atoms with Crippen LogP contribution in [0, 0.1) is 0 Å². The molecule has 0 spiro atoms. The van der Waals surface area contributed by atoms with Gasteiger partial charge in [-0.25, -0.2) is 0 Å². The molecule has 1 aliphatic heterocycles. The molecule has 148 valence electrons. The molecule has 0 bridgehead atoms. The van der Waals surface area contributed by atoms with Gasteiger partial charge in [0.15, 0.2) is 18.1 Å². The van der Waals surface area contributed by atoms with Gasteiger partial charge >= 0.3 is 0 Å². The van der Waals surface area contributed by atoms with Gasteiger partial charge in [-0.2, -0.15) is 0 Å². The van der Waals surface area contributed by atoms with Crippen molar-refractivity contribution in [2.24, 2.45) is 0 Å². The maximum atomic E-state index is 11.9. The van der Waals surface area contributed by atoms with Crippen LogP contribution in [-0.2, 0) is 9.59 Å². The smallest absolute Gasteiger partial charge is 0.258 e. The number of para-hydroxylation sites is 2. The number of methoxy groups -OCH3 is 1. The van der Waals surface area contributed by atoms with Gasteiger partial charge in [0.25, 0.3) is 5.91 Å². The maximum absolute atomic E-state index is 11.9. The van der Waals surface area contributed by atoms with Crippen LogP contribution in [0.5, 0.6) is 17.2 Å². The average molecular weight is 384 g/mol. The quantitative estimate of drug-likeness (QED) is 0.672. The Morgan fingerprint density at radius 2 is 1.82 bits per heavy atom. The Hall–Kier alpha value is -3.22. The number of benzene rings is 2. The van der Waals surface area contributed by atoms with Gasteiger partial charge in [-0.05, 0) is 42.8 Å². The third-order valence-corrected chi connectivity index (χ3v) is 4.34. The lowest BCUT2D eigenvalue weighted by atomic mass is 10.3. The van der Waals surface area contributed by atoms with E-state index in [1.807, 2.05) is 36.4 Å². The standard InChI is InChI=1S/C21H24N2O5/c1-26-18-5-2-3-6-19(18)27-14-12-22-20(24)15-28-17-10-8-16(9-11-17)23-13-4-7-21(23)25/h2-3,5-6,8-11H,4,7,12-15H2,1H3,(H,22,24). The summed E-state index contributed by atoms with van der Waals surface area (Å²) in [5.41, 5.74) is 0.854. The molecule has 7 heteroatoms. The van der Waals surface area contributed by atoms with Crippen LogP contribution < -0.4 is 24.4 Å². The molecule has 0 atom stereocenters. The summed E-state index contributed by atoms with van der Waals surface area (Å²) in [6.45, 7) is 1.34. The van der Waals surface area contributed by atoms with Gasteiger partial charge in [0, 0.05) is 18.7 Å². The highest BCUT2D eigenvalue weighted by atomic mass is 16.5. The van der Waals surface area contributed by atoms with Crippen molar-refractivity contribution in [3.05, 3.63) is 48.5 Å². The minimum Gasteiger partial charge on any atom is -0.493 e. The van der Waals surface area contributed by atoms with Crippen molar-refractivity contribution >= 4 is 17.5 Å². The molecule has 7 nitrogen and oxygen atoms in total. The van der Waals surface area contributed by atoms with Crippen molar-refractivity contribution in [2.45, 2.75) is 12.8 Å². The summed E-state index contributed by atoms with van der Waals surface area (Å²) >= 11 is 0. The number of carbonyl (C=O) groups excluding carboxylic acids is 2. The van der Waals surface area contributed by atoms with E-state index in [2.05, 4.69) is 5.32 Å². The molecular formula is C21H24N2O5. The van der Waals surface area contributed by atoms with E-state index < -0.39 is 0 Å². The first-order chi connectivity index (χ1) is 13.7. The van der Waals surface area contributed by atoms with E-state index in [0.717, 1.165) is 18.7 Å². The van der Waals surface area contributed by atoms with E-state index in [4.69, 9.17) is 14.2 Å². The van der Waals surface area contributed by atoms with Crippen LogP contribution in [0.1, 0.15) is 12.8 Å². The molecule has 1 N–H and O–H groups in total. The number of nitrogens with one attached hydrogen (secondary N) is 1. The monoisotopic (exact) mass is 384 g/mol. The van der Waals surface area contributed by atoms with Crippen LogP contribution in [0.2, 0.25) is 0 Å². The largest absolute Gasteiger partial charge is 0.493 e. The number of hydrogen-bond donors (Lipinski definition) is 1. The summed E-state index contributed by atoms with van der Waals surface area (Å²) in [5, 5.41) is 2.74. The Balaban J connectivity index is 1.37. The topological polar surface area (TPSA) is 77.1 Å². The Morgan fingerprint density at radius 3 is 2.50 bits per heavy atom. The highest BCUT2D eigenvalue weighted by Crippen LogP contribution is 2.25. The number of hydrogen-bond acceptors (Lipinski definition) is 5. The van der Waals surface area contributed by atoms with Gasteiger partial charge in [0.05, 0.1) is 13.7 Å². The molecule has 2 aromatic carbocycles. The summed E-state index contributed by atoms with van der Waals surface area (Å²) in [4.78, 5) is 25.4. The van der Waals surface area contributed by atoms with Gasteiger partial charge in [-0.3, -0.25) is 9.59 Å². The van der Waals surface area contributed by atoms with Gasteiger partial charge in [-0.1, -0.05) is 12.1 Å². The highest BCUT2D eigenvalue weighted by Gasteiger charge is 2.21. The van der Waals surface area contributed by atoms with E-state index in [0.29, 0.717) is 36.8 Å². The first kappa shape index (κ1) is 19.5. The molecule has 0 radical (unpaired) electrons. The van der Waals surface area contributed by atoms with Crippen LogP contribution in [0.3, 0.4) is 0 Å². The lowest BCUT2D eigenvalue weighted by Crippen LogP contribution is -2.32. The Labute approximate surface area is 164 Å². The highest BCUT2D eigenvalue weighted by molar-refractivity contribution is 5.95. The summed E-state index contributed by atoms with van der Waals surface area (Å²) < 4.78 is 16.3. The first-order valence-electron chi connectivity index (χ1n) is 9.23. The van der Waals surface area contributed by atoms with Gasteiger partial charge in [0.2, 0.25) is 5.91 Å². The minimum atomic E-state index is -0.234. The average Bonchev–Trinajstić information content (AvgIpc) is 3.16. The molecule has 1 fully saturated rings. The molecule has 1 saturated heterocycles. The van der Waals surface area contributed by atoms with E-state index >= 15 is 0 Å². The Kier molecular flexibility index (Phi) is 6.73. The molecule has 0 aromatic heterocycles. The summed E-state index contributed by atoms with van der Waals surface area (Å²) in [7, 11) is 1.58. The van der Waals surface area contributed by atoms with E-state index in [-0.39, 0.29) is 18.4 Å². The molecule has 0 unspecified atom stereocenters. The van der Waals surface area contributed by atoms with Gasteiger partial charge in [0.1, 0.15) is 12.4 Å². The fourth-order valence-electron chi connectivity index (χ4n) is 2.93. The second-order valence-electron chi connectivity index (χ2n) is 6.28. The van der Waals surface area contributed by atoms with Gasteiger partial charge in [-0.15, -0.1) is 0 Å². The predicted molar refractivity (Wildman–Crippen MR) is 105 cm³/mol. The number of amides is 2. The fraction of sp³-hybridized carbons (Fsp3) is 0.333. The molecule has 0 saturated carbocycles. The molecule has 1 aliphatic rings. The predicted octanol–water partition coefficient (Wildman–Crippen LogP) is 2.40. The summed E-state index contributed by atoms with van der Waals surface area (Å²) in [5.74, 6) is 1.77. The SMILES string of the molecule is COc1ccccc1OCCNC(=O)COc1ccc(N2CCCC2=O)cc1. The second kappa shape index (κ2) is 9.64. The third-order valence-electron chi connectivity index (χ3n) is 4.34. The van der Waals surface area contributed by atoms with E-state index in [1.54, 1.807) is 24.1 Å². The number of rotatable bonds is 9. The molecule has 0 aliphatic carbocycles. The van der Waals surface area contributed by atoms with Crippen LogP contribution in [0.4, 0.5) is 5.69 Å². The number of carbonyl (C=O) groups is 2. The van der Waals surface area contributed by atoms with Crippen molar-refractivity contribution in [3.8, 4) is 17.2 Å². The zero-order valence-corrected chi connectivity index (χ0v) is 15.8. The molecular weight excluding hydrogens is 360 g/mol. The third kappa shape index (κ3) is 5.16. The van der Waals surface area contributed by atoms with Crippen LogP contribution in [0.15, 0.2) is 48.5 Å². The summed E-state index contributed by atoms with van der Waals surface area (Å²) in [6, 6.07) is 14.5. The molecule has 1 heterocycles. The van der Waals surface area contributed by atoms with Crippen molar-refractivity contribution in [2.75, 3.05) is 38.3 Å². The van der Waals surface area contributed by atoms with Crippen molar-refractivity contribution < 1.29 is 23.8 Å². The molecule has 2 amide bonds. The zero-order valence-electron chi connectivity index (χ0n) is 15.8. The fourth-order valence-corrected chi connectivity index (χ4v) is 2.93. The van der Waals surface area contributed by atoms with E-state index in [9.17, 15) is 9.59 Å². The Morgan fingerprint density at radius 1 is 1.07 bits per heavy atom. The van der Waals surface area contributed by atoms with Crippen molar-refractivity contribution in [1.82, 2.24) is 5.32 Å². The number of nitrogens with zero attached hydrogens (tertiary/aromatic N) is 1. The lowest BCUT2D eigenvalue weighted by molar-refractivity contribution is -0.123. The maximum Gasteiger partial charge on any atom is 0.258 e. The first-order valence-corrected chi connectivity index (χ1v) is 9.23. The normalized spacial score (nSPS) is 13.3. The number of anilines is 1. The number of ether oxygens (including phenoxy) is 3. The lowest BCUT2D eigenvalue weighted by Gasteiger charge is -2.16. The minimum absolute atomic E-state index is 0.0867. The van der Waals surface area contributed by atoms with Crippen molar-refractivity contribution in [3.63, 3.8) is 0 Å². The molecule has 2 aromatic rings. The zero-order chi connectivity index (χ0) is 19.8. The van der Waals surface area contributed by atoms with Crippen LogP contribution in [-0.4, -0.2) is 45.2 Å². The van der Waals surface area contributed by atoms with Gasteiger partial charge < -0.3 is 24.4 Å². The molecule has 28 heavy (non-hydrogen) atoms. The Bertz CT molecular complexity index is 807. The summed E-state index contributed by atoms with van der Waals surface area (Å²) in [6.07, 6.45) is 1.48.